The molecule has 0 aliphatic carbocycles. The summed E-state index contributed by atoms with van der Waals surface area (Å²) in [5, 5.41) is 10.3. The maximum Gasteiger partial charge on any atom is 0.122 e. The van der Waals surface area contributed by atoms with Crippen molar-refractivity contribution in [1.82, 2.24) is 0 Å². The predicted molar refractivity (Wildman–Crippen MR) is 72.8 cm³/mol. The van der Waals surface area contributed by atoms with E-state index in [2.05, 4.69) is 0 Å². The summed E-state index contributed by atoms with van der Waals surface area (Å²) in [6, 6.07) is 15.7. The fourth-order valence-electron chi connectivity index (χ4n) is 2.15. The minimum Gasteiger partial charge on any atom is -0.496 e. The summed E-state index contributed by atoms with van der Waals surface area (Å²) in [5.41, 5.74) is 3.11. The monoisotopic (exact) mass is 242 g/mol. The largest absolute Gasteiger partial charge is 0.496 e. The molecule has 0 heterocycles. The summed E-state index contributed by atoms with van der Waals surface area (Å²) in [6.45, 7) is 2.01. The van der Waals surface area contributed by atoms with Crippen LogP contribution in [0.15, 0.2) is 48.5 Å². The maximum atomic E-state index is 10.3. The smallest absolute Gasteiger partial charge is 0.122 e. The maximum absolute atomic E-state index is 10.3. The number of hydrogen-bond acceptors (Lipinski definition) is 2. The van der Waals surface area contributed by atoms with E-state index in [0.717, 1.165) is 22.4 Å². The predicted octanol–water partition coefficient (Wildman–Crippen LogP) is 3.28. The lowest BCUT2D eigenvalue weighted by atomic mass is 9.97. The zero-order valence-corrected chi connectivity index (χ0v) is 10.8. The lowest BCUT2D eigenvalue weighted by molar-refractivity contribution is 0.176. The number of para-hydroxylation sites is 1. The van der Waals surface area contributed by atoms with E-state index in [0.29, 0.717) is 6.42 Å². The Bertz CT molecular complexity index is 520. The fraction of sp³-hybridized carbons (Fsp3) is 0.250. The molecule has 0 aliphatic heterocycles. The van der Waals surface area contributed by atoms with Gasteiger partial charge in [0.05, 0.1) is 13.2 Å². The van der Waals surface area contributed by atoms with E-state index in [-0.39, 0.29) is 0 Å². The molecular weight excluding hydrogens is 224 g/mol. The number of aryl methyl sites for hydroxylation is 1. The molecule has 2 aromatic rings. The summed E-state index contributed by atoms with van der Waals surface area (Å²) in [5.74, 6) is 0.824. The van der Waals surface area contributed by atoms with Gasteiger partial charge in [-0.3, -0.25) is 0 Å². The van der Waals surface area contributed by atoms with Crippen LogP contribution >= 0.6 is 0 Å². The van der Waals surface area contributed by atoms with Crippen LogP contribution < -0.4 is 4.74 Å². The van der Waals surface area contributed by atoms with Crippen LogP contribution in [0.3, 0.4) is 0 Å². The van der Waals surface area contributed by atoms with Gasteiger partial charge in [-0.1, -0.05) is 42.5 Å². The second-order valence-electron chi connectivity index (χ2n) is 4.39. The molecule has 0 fully saturated rings. The number of methoxy groups -OCH3 is 1. The molecule has 0 saturated heterocycles. The van der Waals surface area contributed by atoms with Gasteiger partial charge in [-0.25, -0.2) is 0 Å². The second kappa shape index (κ2) is 5.69. The number of aliphatic hydroxyl groups excluding tert-OH is 1. The van der Waals surface area contributed by atoms with E-state index in [9.17, 15) is 5.11 Å². The van der Waals surface area contributed by atoms with Gasteiger partial charge in [-0.05, 0) is 29.7 Å². The van der Waals surface area contributed by atoms with Gasteiger partial charge in [0.2, 0.25) is 0 Å². The highest BCUT2D eigenvalue weighted by Crippen LogP contribution is 2.26. The molecule has 1 unspecified atom stereocenters. The minimum atomic E-state index is -0.498. The molecule has 1 N–H and O–H groups in total. The van der Waals surface area contributed by atoms with E-state index in [4.69, 9.17) is 4.74 Å². The molecule has 2 nitrogen and oxygen atoms in total. The molecule has 0 aromatic heterocycles. The fourth-order valence-corrected chi connectivity index (χ4v) is 2.15. The summed E-state index contributed by atoms with van der Waals surface area (Å²) in [6.07, 6.45) is 0.0667. The average Bonchev–Trinajstić information content (AvgIpc) is 2.39. The average molecular weight is 242 g/mol. The van der Waals surface area contributed by atoms with Crippen molar-refractivity contribution in [3.05, 3.63) is 65.2 Å². The first-order valence-corrected chi connectivity index (χ1v) is 6.08. The molecule has 0 saturated carbocycles. The van der Waals surface area contributed by atoms with Crippen molar-refractivity contribution in [3.63, 3.8) is 0 Å². The van der Waals surface area contributed by atoms with Crippen LogP contribution in [-0.2, 0) is 6.42 Å². The summed E-state index contributed by atoms with van der Waals surface area (Å²) >= 11 is 0. The van der Waals surface area contributed by atoms with Crippen molar-refractivity contribution >= 4 is 0 Å². The highest BCUT2D eigenvalue weighted by Gasteiger charge is 2.13. The standard InChI is InChI=1S/C16H18O2/c1-12-7-3-5-9-14(12)15(17)11-13-8-4-6-10-16(13)18-2/h3-10,15,17H,11H2,1-2H3. The Morgan fingerprint density at radius 2 is 1.72 bits per heavy atom. The van der Waals surface area contributed by atoms with Crippen LogP contribution in [0.1, 0.15) is 22.8 Å². The number of ether oxygens (including phenoxy) is 1. The van der Waals surface area contributed by atoms with Crippen molar-refractivity contribution in [3.8, 4) is 5.75 Å². The number of benzene rings is 2. The first-order chi connectivity index (χ1) is 8.72. The first kappa shape index (κ1) is 12.7. The zero-order chi connectivity index (χ0) is 13.0. The Balaban J connectivity index is 2.21. The molecule has 94 valence electrons. The molecular formula is C16H18O2. The third-order valence-corrected chi connectivity index (χ3v) is 3.15. The SMILES string of the molecule is COc1ccccc1CC(O)c1ccccc1C. The number of aliphatic hydroxyl groups is 1. The Kier molecular flexibility index (Phi) is 4.00. The van der Waals surface area contributed by atoms with Gasteiger partial charge in [0.1, 0.15) is 5.75 Å². The minimum absolute atomic E-state index is 0.498. The van der Waals surface area contributed by atoms with Gasteiger partial charge in [0, 0.05) is 6.42 Å². The van der Waals surface area contributed by atoms with E-state index in [1.54, 1.807) is 7.11 Å². The molecule has 2 rings (SSSR count). The van der Waals surface area contributed by atoms with Crippen LogP contribution in [0.2, 0.25) is 0 Å². The Hall–Kier alpha value is -1.80. The first-order valence-electron chi connectivity index (χ1n) is 6.08. The van der Waals surface area contributed by atoms with Gasteiger partial charge in [-0.15, -0.1) is 0 Å². The van der Waals surface area contributed by atoms with Gasteiger partial charge in [-0.2, -0.15) is 0 Å². The molecule has 2 aromatic carbocycles. The van der Waals surface area contributed by atoms with Gasteiger partial charge in [0.25, 0.3) is 0 Å². The van der Waals surface area contributed by atoms with Crippen LogP contribution in [0.5, 0.6) is 5.75 Å². The Labute approximate surface area is 108 Å². The summed E-state index contributed by atoms with van der Waals surface area (Å²) in [4.78, 5) is 0. The third kappa shape index (κ3) is 2.71. The van der Waals surface area contributed by atoms with Gasteiger partial charge >= 0.3 is 0 Å². The highest BCUT2D eigenvalue weighted by molar-refractivity contribution is 5.36. The molecule has 0 radical (unpaired) electrons. The van der Waals surface area contributed by atoms with E-state index in [1.165, 1.54) is 0 Å². The van der Waals surface area contributed by atoms with E-state index < -0.39 is 6.10 Å². The molecule has 0 amide bonds. The van der Waals surface area contributed by atoms with Gasteiger partial charge < -0.3 is 9.84 Å². The Morgan fingerprint density at radius 1 is 1.06 bits per heavy atom. The summed E-state index contributed by atoms with van der Waals surface area (Å²) < 4.78 is 5.30. The zero-order valence-electron chi connectivity index (χ0n) is 10.8. The molecule has 0 aliphatic rings. The van der Waals surface area contributed by atoms with Crippen LogP contribution in [-0.4, -0.2) is 12.2 Å². The van der Waals surface area contributed by atoms with E-state index in [1.807, 2.05) is 55.5 Å². The normalized spacial score (nSPS) is 12.2. The van der Waals surface area contributed by atoms with Crippen molar-refractivity contribution in [2.24, 2.45) is 0 Å². The second-order valence-corrected chi connectivity index (χ2v) is 4.39. The van der Waals surface area contributed by atoms with E-state index >= 15 is 0 Å². The van der Waals surface area contributed by atoms with Crippen molar-refractivity contribution in [2.45, 2.75) is 19.4 Å². The van der Waals surface area contributed by atoms with Crippen molar-refractivity contribution < 1.29 is 9.84 Å². The van der Waals surface area contributed by atoms with Crippen molar-refractivity contribution in [2.75, 3.05) is 7.11 Å². The van der Waals surface area contributed by atoms with Crippen molar-refractivity contribution in [1.29, 1.82) is 0 Å². The number of rotatable bonds is 4. The molecule has 2 heteroatoms. The van der Waals surface area contributed by atoms with Crippen LogP contribution in [0, 0.1) is 6.92 Å². The third-order valence-electron chi connectivity index (χ3n) is 3.15. The molecule has 1 atom stereocenters. The highest BCUT2D eigenvalue weighted by atomic mass is 16.5. The topological polar surface area (TPSA) is 29.5 Å². The Morgan fingerprint density at radius 3 is 2.44 bits per heavy atom. The lowest BCUT2D eigenvalue weighted by Crippen LogP contribution is -2.04. The number of hydrogen-bond donors (Lipinski definition) is 1. The quantitative estimate of drug-likeness (QED) is 0.891. The molecule has 0 spiro atoms. The molecule has 0 bridgehead atoms. The molecule has 18 heavy (non-hydrogen) atoms. The van der Waals surface area contributed by atoms with Gasteiger partial charge in [0.15, 0.2) is 0 Å². The summed E-state index contributed by atoms with van der Waals surface area (Å²) in [7, 11) is 1.65. The van der Waals surface area contributed by atoms with Crippen LogP contribution in [0.25, 0.3) is 0 Å². The van der Waals surface area contributed by atoms with Crippen LogP contribution in [0.4, 0.5) is 0 Å². The lowest BCUT2D eigenvalue weighted by Gasteiger charge is -2.15.